The highest BCUT2D eigenvalue weighted by Gasteiger charge is 2.32. The number of piperidine rings is 3. The summed E-state index contributed by atoms with van der Waals surface area (Å²) < 4.78 is 6.31. The van der Waals surface area contributed by atoms with E-state index in [1.165, 1.54) is 21.0 Å². The lowest BCUT2D eigenvalue weighted by atomic mass is 9.88. The minimum absolute atomic E-state index is 0.223. The Morgan fingerprint density at radius 3 is 2.37 bits per heavy atom. The normalized spacial score (nSPS) is 18.6. The van der Waals surface area contributed by atoms with E-state index in [0.717, 1.165) is 81.7 Å². The first-order chi connectivity index (χ1) is 30.3. The quantitative estimate of drug-likeness (QED) is 0.113. The van der Waals surface area contributed by atoms with Crippen LogP contribution in [0.2, 0.25) is 0 Å². The Balaban J connectivity index is 0.775. The number of amides is 2. The van der Waals surface area contributed by atoms with Crippen molar-refractivity contribution in [2.45, 2.75) is 83.0 Å². The fraction of sp³-hybridized carbons (Fsp3) is 0.426. The Morgan fingerprint density at radius 1 is 0.905 bits per heavy atom. The lowest BCUT2D eigenvalue weighted by Crippen LogP contribution is -2.44. The maximum absolute atomic E-state index is 13.4. The summed E-state index contributed by atoms with van der Waals surface area (Å²) in [5.74, 6) is 1.25. The van der Waals surface area contributed by atoms with Gasteiger partial charge in [-0.25, -0.2) is 24.1 Å². The van der Waals surface area contributed by atoms with Crippen molar-refractivity contribution in [2.24, 2.45) is 13.0 Å². The molecule has 7 heterocycles. The third kappa shape index (κ3) is 8.50. The van der Waals surface area contributed by atoms with Crippen molar-refractivity contribution in [3.05, 3.63) is 117 Å². The van der Waals surface area contributed by atoms with Gasteiger partial charge in [0.05, 0.1) is 23.3 Å². The molecule has 2 aromatic carbocycles. The van der Waals surface area contributed by atoms with Gasteiger partial charge in [0.1, 0.15) is 17.0 Å². The van der Waals surface area contributed by atoms with Crippen LogP contribution in [-0.4, -0.2) is 92.9 Å². The predicted octanol–water partition coefficient (Wildman–Crippen LogP) is 4.86. The lowest BCUT2D eigenvalue weighted by molar-refractivity contribution is -0.135. The number of fused-ring (bicyclic) bond motifs is 2. The van der Waals surface area contributed by atoms with Gasteiger partial charge in [0.2, 0.25) is 17.8 Å². The number of pyridine rings is 1. The number of hydrogen-bond donors (Lipinski definition) is 3. The molecule has 16 heteroatoms. The molecule has 6 aromatic rings. The summed E-state index contributed by atoms with van der Waals surface area (Å²) in [6, 6.07) is 19.2. The summed E-state index contributed by atoms with van der Waals surface area (Å²) in [7, 11) is 1.74. The van der Waals surface area contributed by atoms with E-state index < -0.39 is 17.6 Å². The van der Waals surface area contributed by atoms with E-state index in [2.05, 4.69) is 73.4 Å². The van der Waals surface area contributed by atoms with Gasteiger partial charge in [-0.3, -0.25) is 33.7 Å². The molecule has 0 radical (unpaired) electrons. The first kappa shape index (κ1) is 42.1. The Bertz CT molecular complexity index is 2820. The molecule has 0 aliphatic carbocycles. The van der Waals surface area contributed by atoms with Crippen LogP contribution in [0.5, 0.6) is 0 Å². The molecule has 4 aromatic heterocycles. The second kappa shape index (κ2) is 17.1. The molecule has 3 saturated heterocycles. The van der Waals surface area contributed by atoms with Crippen molar-refractivity contribution in [3.8, 4) is 5.82 Å². The van der Waals surface area contributed by atoms with Crippen molar-refractivity contribution in [2.75, 3.05) is 38.0 Å². The molecule has 0 spiro atoms. The molecule has 2 amide bonds. The van der Waals surface area contributed by atoms with Crippen molar-refractivity contribution in [1.82, 2.24) is 48.6 Å². The average molecular weight is 854 g/mol. The molecule has 16 nitrogen and oxygen atoms in total. The van der Waals surface area contributed by atoms with Gasteiger partial charge < -0.3 is 15.3 Å². The number of imidazole rings is 1. The number of allylic oxidation sites excluding steroid dienone is 1. The summed E-state index contributed by atoms with van der Waals surface area (Å²) in [4.78, 5) is 70.0. The van der Waals surface area contributed by atoms with E-state index >= 15 is 0 Å². The molecular weight excluding hydrogens is 799 g/mol. The van der Waals surface area contributed by atoms with Gasteiger partial charge in [-0.15, -0.1) is 6.58 Å². The fourth-order valence-electron chi connectivity index (χ4n) is 9.59. The zero-order valence-corrected chi connectivity index (χ0v) is 36.2. The molecule has 3 fully saturated rings. The number of nitrogens with one attached hydrogen (secondary N) is 2. The Morgan fingerprint density at radius 2 is 1.65 bits per heavy atom. The van der Waals surface area contributed by atoms with E-state index in [0.29, 0.717) is 52.3 Å². The highest BCUT2D eigenvalue weighted by atomic mass is 16.3. The van der Waals surface area contributed by atoms with Crippen molar-refractivity contribution < 1.29 is 14.7 Å². The predicted molar refractivity (Wildman–Crippen MR) is 241 cm³/mol. The van der Waals surface area contributed by atoms with Crippen molar-refractivity contribution in [3.63, 3.8) is 0 Å². The SMILES string of the molecule is C=CCn1c(=O)c2cnc(Nc3ccc(C4CCN(CC5CCN(Cc6ccc7c(c6)n(C)c(=O)n7C6CCC(=O)NC6=O)CC5)CC4)cc3)nc2n1-c1cccc(C(C)(C)O)n1. The summed E-state index contributed by atoms with van der Waals surface area (Å²) >= 11 is 0. The standard InChI is InChI=1S/C47H55N11O5/c1-5-21-56-44(61)35-27-48-45(52-42(35)58(56)40-8-6-7-39(50-40)47(2,3)63)49-34-12-10-32(11-13-34)33-19-24-55(25-20-33)28-30-17-22-54(23-18-30)29-31-9-14-36-38(26-31)53(4)46(62)57(36)37-15-16-41(59)51-43(37)60/h5-14,26-27,30,33,37,63H,1,15-25,28-29H2,2-4H3,(H,48,49,52)(H,51,59,60). The van der Waals surface area contributed by atoms with Gasteiger partial charge in [-0.05, 0) is 131 Å². The number of anilines is 2. The monoisotopic (exact) mass is 853 g/mol. The van der Waals surface area contributed by atoms with Crippen LogP contribution in [-0.2, 0) is 35.3 Å². The van der Waals surface area contributed by atoms with E-state index in [-0.39, 0.29) is 30.1 Å². The number of aryl methyl sites for hydroxylation is 1. The number of rotatable bonds is 12. The summed E-state index contributed by atoms with van der Waals surface area (Å²) in [5.41, 5.74) is 4.03. The third-order valence-electron chi connectivity index (χ3n) is 13.1. The van der Waals surface area contributed by atoms with E-state index in [9.17, 15) is 24.3 Å². The molecule has 0 saturated carbocycles. The molecule has 1 unspecified atom stereocenters. The number of hydrogen-bond acceptors (Lipinski definition) is 11. The van der Waals surface area contributed by atoms with Gasteiger partial charge in [-0.2, -0.15) is 4.98 Å². The maximum Gasteiger partial charge on any atom is 0.329 e. The Kier molecular flexibility index (Phi) is 11.5. The Labute approximate surface area is 364 Å². The summed E-state index contributed by atoms with van der Waals surface area (Å²) in [6.07, 6.45) is 8.27. The van der Waals surface area contributed by atoms with Crippen LogP contribution in [0, 0.1) is 5.92 Å². The molecule has 63 heavy (non-hydrogen) atoms. The van der Waals surface area contributed by atoms with E-state index in [1.807, 2.05) is 6.07 Å². The molecule has 3 N–H and O–H groups in total. The van der Waals surface area contributed by atoms with Gasteiger partial charge in [-0.1, -0.05) is 30.3 Å². The smallest absolute Gasteiger partial charge is 0.329 e. The highest BCUT2D eigenvalue weighted by molar-refractivity contribution is 6.00. The Hall–Kier alpha value is -6.23. The van der Waals surface area contributed by atoms with Crippen LogP contribution in [0.3, 0.4) is 0 Å². The summed E-state index contributed by atoms with van der Waals surface area (Å²) in [5, 5.41) is 16.7. The topological polar surface area (TPSA) is 177 Å². The van der Waals surface area contributed by atoms with E-state index in [1.54, 1.807) is 54.4 Å². The van der Waals surface area contributed by atoms with Gasteiger partial charge >= 0.3 is 5.69 Å². The van der Waals surface area contributed by atoms with Crippen LogP contribution in [0.1, 0.15) is 81.2 Å². The number of likely N-dealkylation sites (tertiary alicyclic amines) is 2. The number of imide groups is 1. The second-order valence-corrected chi connectivity index (χ2v) is 17.9. The maximum atomic E-state index is 13.4. The van der Waals surface area contributed by atoms with Crippen LogP contribution < -0.4 is 21.9 Å². The van der Waals surface area contributed by atoms with Crippen LogP contribution in [0.15, 0.2) is 89.1 Å². The number of aliphatic hydroxyl groups is 1. The molecule has 3 aliphatic rings. The number of nitrogens with zero attached hydrogens (tertiary/aromatic N) is 9. The van der Waals surface area contributed by atoms with Crippen LogP contribution in [0.4, 0.5) is 11.6 Å². The molecular formula is C47H55N11O5. The zero-order chi connectivity index (χ0) is 44.0. The molecule has 1 atom stereocenters. The lowest BCUT2D eigenvalue weighted by Gasteiger charge is -2.38. The minimum atomic E-state index is -1.17. The van der Waals surface area contributed by atoms with Gasteiger partial charge in [0.15, 0.2) is 11.5 Å². The van der Waals surface area contributed by atoms with Gasteiger partial charge in [0, 0.05) is 38.4 Å². The van der Waals surface area contributed by atoms with Crippen LogP contribution in [0.25, 0.3) is 27.9 Å². The molecule has 0 bridgehead atoms. The molecule has 3 aliphatic heterocycles. The fourth-order valence-corrected chi connectivity index (χ4v) is 9.59. The zero-order valence-electron chi connectivity index (χ0n) is 36.2. The summed E-state index contributed by atoms with van der Waals surface area (Å²) in [6.45, 7) is 13.6. The molecule has 9 rings (SSSR count). The van der Waals surface area contributed by atoms with Gasteiger partial charge in [0.25, 0.3) is 5.56 Å². The first-order valence-electron chi connectivity index (χ1n) is 22.0. The highest BCUT2D eigenvalue weighted by Crippen LogP contribution is 2.32. The first-order valence-corrected chi connectivity index (χ1v) is 22.0. The number of carbonyl (C=O) groups excluding carboxylic acids is 2. The number of carbonyl (C=O) groups is 2. The second-order valence-electron chi connectivity index (χ2n) is 17.9. The number of aromatic nitrogens is 7. The minimum Gasteiger partial charge on any atom is -0.384 e. The van der Waals surface area contributed by atoms with Crippen molar-refractivity contribution in [1.29, 1.82) is 0 Å². The van der Waals surface area contributed by atoms with Crippen molar-refractivity contribution >= 4 is 45.5 Å². The average Bonchev–Trinajstić information content (AvgIpc) is 3.68. The number of benzene rings is 2. The van der Waals surface area contributed by atoms with E-state index in [4.69, 9.17) is 4.98 Å². The largest absolute Gasteiger partial charge is 0.384 e. The third-order valence-corrected chi connectivity index (χ3v) is 13.1. The molecule has 328 valence electrons. The van der Waals surface area contributed by atoms with Crippen LogP contribution >= 0.6 is 0 Å².